The highest BCUT2D eigenvalue weighted by atomic mass is 35.5. The second-order valence-electron chi connectivity index (χ2n) is 5.94. The second kappa shape index (κ2) is 7.14. The van der Waals surface area contributed by atoms with Crippen molar-refractivity contribution < 1.29 is 23.8 Å². The molecule has 0 fully saturated rings. The summed E-state index contributed by atoms with van der Waals surface area (Å²) < 4.78 is 16.4. The van der Waals surface area contributed by atoms with Crippen LogP contribution >= 0.6 is 11.6 Å². The van der Waals surface area contributed by atoms with Gasteiger partial charge < -0.3 is 19.0 Å². The lowest BCUT2D eigenvalue weighted by atomic mass is 10.1. The third-order valence-corrected chi connectivity index (χ3v) is 4.53. The van der Waals surface area contributed by atoms with Crippen LogP contribution in [0, 0.1) is 11.3 Å². The molecule has 3 aromatic rings. The highest BCUT2D eigenvalue weighted by Crippen LogP contribution is 2.35. The molecule has 4 rings (SSSR count). The lowest BCUT2D eigenvalue weighted by Crippen LogP contribution is -1.97. The molecule has 0 atom stereocenters. The summed E-state index contributed by atoms with van der Waals surface area (Å²) in [6, 6.07) is 15.4. The fraction of sp³-hybridized carbons (Fsp3) is 0.0476. The Morgan fingerprint density at radius 1 is 1.11 bits per heavy atom. The van der Waals surface area contributed by atoms with E-state index in [-0.39, 0.29) is 17.4 Å². The number of aromatic carboxylic acids is 1. The van der Waals surface area contributed by atoms with Gasteiger partial charge in [-0.05, 0) is 60.2 Å². The molecule has 2 heterocycles. The van der Waals surface area contributed by atoms with Crippen molar-refractivity contribution in [1.82, 2.24) is 0 Å². The summed E-state index contributed by atoms with van der Waals surface area (Å²) in [5.41, 5.74) is 1.62. The Morgan fingerprint density at radius 3 is 2.71 bits per heavy atom. The van der Waals surface area contributed by atoms with Crippen molar-refractivity contribution in [2.24, 2.45) is 0 Å². The van der Waals surface area contributed by atoms with Gasteiger partial charge in [0, 0.05) is 5.56 Å². The van der Waals surface area contributed by atoms with E-state index in [1.54, 1.807) is 42.5 Å². The van der Waals surface area contributed by atoms with Crippen LogP contribution in [-0.4, -0.2) is 17.9 Å². The van der Waals surface area contributed by atoms with E-state index in [2.05, 4.69) is 6.07 Å². The van der Waals surface area contributed by atoms with E-state index in [1.807, 2.05) is 0 Å². The first kappa shape index (κ1) is 17.7. The zero-order chi connectivity index (χ0) is 19.7. The summed E-state index contributed by atoms with van der Waals surface area (Å²) in [6.45, 7) is 0.158. The molecule has 7 heteroatoms. The third kappa shape index (κ3) is 3.31. The van der Waals surface area contributed by atoms with Gasteiger partial charge in [-0.3, -0.25) is 0 Å². The third-order valence-electron chi connectivity index (χ3n) is 4.20. The number of benzene rings is 2. The van der Waals surface area contributed by atoms with Gasteiger partial charge in [0.05, 0.1) is 22.2 Å². The van der Waals surface area contributed by atoms with Crippen LogP contribution in [0.3, 0.4) is 0 Å². The highest BCUT2D eigenvalue weighted by molar-refractivity contribution is 6.33. The van der Waals surface area contributed by atoms with E-state index >= 15 is 0 Å². The maximum Gasteiger partial charge on any atom is 0.337 e. The van der Waals surface area contributed by atoms with Crippen LogP contribution in [-0.2, 0) is 0 Å². The fourth-order valence-electron chi connectivity index (χ4n) is 2.81. The van der Waals surface area contributed by atoms with Crippen molar-refractivity contribution in [3.05, 3.63) is 70.4 Å². The Bertz CT molecular complexity index is 1160. The molecule has 0 saturated carbocycles. The quantitative estimate of drug-likeness (QED) is 0.620. The van der Waals surface area contributed by atoms with Gasteiger partial charge in [0.1, 0.15) is 11.5 Å². The van der Waals surface area contributed by atoms with Crippen LogP contribution in [0.1, 0.15) is 21.7 Å². The largest absolute Gasteiger partial charge is 0.478 e. The van der Waals surface area contributed by atoms with Crippen LogP contribution < -0.4 is 9.47 Å². The number of carboxylic acids is 1. The molecule has 0 spiro atoms. The Morgan fingerprint density at radius 2 is 1.93 bits per heavy atom. The Balaban J connectivity index is 1.66. The Kier molecular flexibility index (Phi) is 4.52. The van der Waals surface area contributed by atoms with Gasteiger partial charge >= 0.3 is 5.97 Å². The number of nitrogens with zero attached hydrogens (tertiary/aromatic N) is 1. The van der Waals surface area contributed by atoms with Crippen molar-refractivity contribution in [3.63, 3.8) is 0 Å². The second-order valence-corrected chi connectivity index (χ2v) is 6.35. The number of allylic oxidation sites excluding steroid dienone is 1. The Labute approximate surface area is 164 Å². The lowest BCUT2D eigenvalue weighted by molar-refractivity contribution is 0.0697. The summed E-state index contributed by atoms with van der Waals surface area (Å²) in [4.78, 5) is 11.3. The van der Waals surface area contributed by atoms with Crippen LogP contribution in [0.5, 0.6) is 11.5 Å². The standard InChI is InChI=1S/C21H12ClNO5/c22-17-4-1-13(8-16(17)21(24)25)18-6-3-15(28-18)7-14(10-23)12-2-5-19-20(9-12)27-11-26-19/h1-9H,11H2,(H,24,25)/b14-7-. The van der Waals surface area contributed by atoms with E-state index in [1.165, 1.54) is 12.1 Å². The predicted molar refractivity (Wildman–Crippen MR) is 102 cm³/mol. The van der Waals surface area contributed by atoms with Crippen LogP contribution in [0.2, 0.25) is 5.02 Å². The first-order chi connectivity index (χ1) is 13.5. The summed E-state index contributed by atoms with van der Waals surface area (Å²) in [6.07, 6.45) is 1.61. The molecular formula is C21H12ClNO5. The number of nitriles is 1. The summed E-state index contributed by atoms with van der Waals surface area (Å²) >= 11 is 5.90. The molecule has 0 amide bonds. The average Bonchev–Trinajstić information content (AvgIpc) is 3.35. The number of furan rings is 1. The van der Waals surface area contributed by atoms with Crippen molar-refractivity contribution >= 4 is 29.2 Å². The number of rotatable bonds is 4. The maximum absolute atomic E-state index is 11.3. The van der Waals surface area contributed by atoms with Crippen molar-refractivity contribution in [2.75, 3.05) is 6.79 Å². The molecule has 1 aromatic heterocycles. The maximum atomic E-state index is 11.3. The zero-order valence-electron chi connectivity index (χ0n) is 14.3. The van der Waals surface area contributed by atoms with E-state index in [9.17, 15) is 15.2 Å². The molecule has 1 N–H and O–H groups in total. The molecular weight excluding hydrogens is 382 g/mol. The number of carbonyl (C=O) groups is 1. The minimum atomic E-state index is -1.12. The number of hydrogen-bond donors (Lipinski definition) is 1. The lowest BCUT2D eigenvalue weighted by Gasteiger charge is -2.02. The first-order valence-electron chi connectivity index (χ1n) is 8.20. The van der Waals surface area contributed by atoms with Gasteiger partial charge in [-0.1, -0.05) is 11.6 Å². The smallest absolute Gasteiger partial charge is 0.337 e. The highest BCUT2D eigenvalue weighted by Gasteiger charge is 2.16. The van der Waals surface area contributed by atoms with Crippen molar-refractivity contribution in [3.8, 4) is 28.9 Å². The number of fused-ring (bicyclic) bond motifs is 1. The molecule has 1 aliphatic heterocycles. The molecule has 1 aliphatic rings. The number of carboxylic acid groups (broad SMARTS) is 1. The van der Waals surface area contributed by atoms with Gasteiger partial charge in [0.25, 0.3) is 0 Å². The molecule has 2 aromatic carbocycles. The Hall–Kier alpha value is -3.69. The molecule has 138 valence electrons. The van der Waals surface area contributed by atoms with Gasteiger partial charge in [0.2, 0.25) is 6.79 Å². The normalized spacial score (nSPS) is 12.6. The molecule has 28 heavy (non-hydrogen) atoms. The number of halogens is 1. The molecule has 0 radical (unpaired) electrons. The van der Waals surface area contributed by atoms with Crippen molar-refractivity contribution in [1.29, 1.82) is 5.26 Å². The van der Waals surface area contributed by atoms with Crippen molar-refractivity contribution in [2.45, 2.75) is 0 Å². The van der Waals surface area contributed by atoms with E-state index in [0.717, 1.165) is 0 Å². The van der Waals surface area contributed by atoms with Crippen LogP contribution in [0.25, 0.3) is 23.0 Å². The summed E-state index contributed by atoms with van der Waals surface area (Å²) in [7, 11) is 0. The van der Waals surface area contributed by atoms with Crippen LogP contribution in [0.4, 0.5) is 0 Å². The molecule has 0 unspecified atom stereocenters. The average molecular weight is 394 g/mol. The molecule has 0 aliphatic carbocycles. The van der Waals surface area contributed by atoms with Gasteiger partial charge in [-0.2, -0.15) is 5.26 Å². The monoisotopic (exact) mass is 393 g/mol. The topological polar surface area (TPSA) is 92.7 Å². The summed E-state index contributed by atoms with van der Waals surface area (Å²) in [5.74, 6) is 1.02. The minimum Gasteiger partial charge on any atom is -0.478 e. The zero-order valence-corrected chi connectivity index (χ0v) is 15.1. The van der Waals surface area contributed by atoms with Crippen LogP contribution in [0.15, 0.2) is 52.9 Å². The van der Waals surface area contributed by atoms with Gasteiger partial charge in [-0.15, -0.1) is 0 Å². The molecule has 0 saturated heterocycles. The summed E-state index contributed by atoms with van der Waals surface area (Å²) in [5, 5.41) is 18.9. The number of ether oxygens (including phenoxy) is 2. The number of hydrogen-bond acceptors (Lipinski definition) is 5. The fourth-order valence-corrected chi connectivity index (χ4v) is 3.01. The SMILES string of the molecule is N#C/C(=C/c1ccc(-c2ccc(Cl)c(C(=O)O)c2)o1)c1ccc2c(c1)OCO2. The minimum absolute atomic E-state index is 0.00858. The van der Waals surface area contributed by atoms with Gasteiger partial charge in [-0.25, -0.2) is 4.79 Å². The van der Waals surface area contributed by atoms with E-state index < -0.39 is 5.97 Å². The molecule has 6 nitrogen and oxygen atoms in total. The predicted octanol–water partition coefficient (Wildman–Crippen LogP) is 5.09. The first-order valence-corrected chi connectivity index (χ1v) is 8.58. The van der Waals surface area contributed by atoms with E-state index in [0.29, 0.717) is 39.7 Å². The van der Waals surface area contributed by atoms with Gasteiger partial charge in [0.15, 0.2) is 11.5 Å². The molecule has 0 bridgehead atoms. The van der Waals surface area contributed by atoms with E-state index in [4.69, 9.17) is 25.5 Å².